The summed E-state index contributed by atoms with van der Waals surface area (Å²) < 4.78 is 9.75. The number of amides is 4. The number of aliphatic carboxylic acids is 1. The van der Waals surface area contributed by atoms with E-state index in [1.165, 1.54) is 113 Å². The van der Waals surface area contributed by atoms with Crippen LogP contribution in [0.3, 0.4) is 0 Å². The van der Waals surface area contributed by atoms with Gasteiger partial charge < -0.3 is 35.2 Å². The van der Waals surface area contributed by atoms with Crippen molar-refractivity contribution in [3.63, 3.8) is 0 Å². The van der Waals surface area contributed by atoms with Crippen molar-refractivity contribution in [2.24, 2.45) is 79.9 Å². The fraction of sp³-hybridized carbons (Fsp3) is 0.880. The fourth-order valence-corrected chi connectivity index (χ4v) is 13.5. The van der Waals surface area contributed by atoms with E-state index in [0.29, 0.717) is 32.4 Å². The number of carboxylic acids is 1. The Kier molecular flexibility index (Phi) is 50.0. The molecule has 3 aliphatic rings. The minimum Gasteiger partial charge on any atom is -0.481 e. The molecule has 550 valence electrons. The van der Waals surface area contributed by atoms with Crippen LogP contribution in [0, 0.1) is 81.5 Å². The van der Waals surface area contributed by atoms with Crippen molar-refractivity contribution in [1.82, 2.24) is 19.6 Å². The van der Waals surface area contributed by atoms with Crippen LogP contribution in [0.4, 0.5) is 0 Å². The van der Waals surface area contributed by atoms with Crippen molar-refractivity contribution < 1.29 is 58.0 Å². The molecule has 0 radical (unpaired) electrons. The lowest BCUT2D eigenvalue weighted by atomic mass is 9.60. The number of carbonyl (C=O) groups is 8. The number of carbonyl (C=O) groups excluding carboxylic acids is 7. The molecule has 3 rings (SSSR count). The summed E-state index contributed by atoms with van der Waals surface area (Å²) in [7, 11) is 7.94. The van der Waals surface area contributed by atoms with Gasteiger partial charge in [0.1, 0.15) is 5.92 Å². The Balaban J connectivity index is -0.00000174. The van der Waals surface area contributed by atoms with Crippen LogP contribution in [-0.4, -0.2) is 158 Å². The first-order valence-electron chi connectivity index (χ1n) is 36.2. The van der Waals surface area contributed by atoms with E-state index in [1.54, 1.807) is 34.6 Å². The minimum atomic E-state index is -1.18. The monoisotopic (exact) mass is 1340 g/mol. The number of nitrogens with one attached hydrogen (secondary N) is 1. The van der Waals surface area contributed by atoms with E-state index in [2.05, 4.69) is 35.5 Å². The molecule has 3 heterocycles. The third-order valence-corrected chi connectivity index (χ3v) is 19.5. The van der Waals surface area contributed by atoms with Crippen LogP contribution < -0.4 is 5.73 Å². The van der Waals surface area contributed by atoms with Crippen molar-refractivity contribution in [3.05, 3.63) is 6.92 Å². The quantitative estimate of drug-likeness (QED) is 0.0110. The zero-order valence-corrected chi connectivity index (χ0v) is 62.7. The summed E-state index contributed by atoms with van der Waals surface area (Å²) in [5, 5.41) is 21.3. The molecule has 0 aromatic carbocycles. The molecule has 3 aliphatic heterocycles. The molecular weight excluding hydrogens is 1190 g/mol. The minimum absolute atomic E-state index is 0. The topological polar surface area (TPSA) is 271 Å². The van der Waals surface area contributed by atoms with Gasteiger partial charge in [-0.3, -0.25) is 43.4 Å². The molecule has 8 atom stereocenters. The highest BCUT2D eigenvalue weighted by Crippen LogP contribution is 2.53. The Labute approximate surface area is 573 Å². The molecule has 3 saturated heterocycles. The van der Waals surface area contributed by atoms with Crippen LogP contribution in [0.25, 0.3) is 0 Å². The molecule has 0 saturated carbocycles. The molecule has 3 fully saturated rings. The van der Waals surface area contributed by atoms with Gasteiger partial charge in [0, 0.05) is 19.7 Å². The number of rotatable bonds is 43. The van der Waals surface area contributed by atoms with Gasteiger partial charge in [-0.2, -0.15) is 5.11 Å². The smallest absolute Gasteiger partial charge is 0.362 e. The van der Waals surface area contributed by atoms with Gasteiger partial charge in [-0.05, 0) is 128 Å². The number of nitrogens with zero attached hydrogens (tertiary/aromatic N) is 5. The molecule has 19 heteroatoms. The normalized spacial score (nSPS) is 19.7. The Bertz CT molecular complexity index is 2140. The zero-order valence-electron chi connectivity index (χ0n) is 62.7. The summed E-state index contributed by atoms with van der Waals surface area (Å²) in [6.45, 7) is 36.6. The van der Waals surface area contributed by atoms with Crippen molar-refractivity contribution in [3.8, 4) is 0 Å². The fourth-order valence-electron chi connectivity index (χ4n) is 13.5. The summed E-state index contributed by atoms with van der Waals surface area (Å²) in [6.07, 6.45) is 28.5. The second kappa shape index (κ2) is 50.1. The number of imide groups is 2. The van der Waals surface area contributed by atoms with Crippen LogP contribution in [0.5, 0.6) is 0 Å². The van der Waals surface area contributed by atoms with E-state index in [1.807, 2.05) is 88.5 Å². The second-order valence-corrected chi connectivity index (χ2v) is 29.7. The molecule has 8 unspecified atom stereocenters. The van der Waals surface area contributed by atoms with E-state index < -0.39 is 81.5 Å². The molecule has 5 N–H and O–H groups in total. The molecule has 0 aromatic heterocycles. The number of unbranched alkanes of at least 4 members (excludes halogenated alkanes) is 18. The Hall–Kier alpha value is -4.33. The zero-order chi connectivity index (χ0) is 71.7. The maximum atomic E-state index is 14.7. The molecule has 94 heavy (non-hydrogen) atoms. The molecular formula is C75H144N7O12+. The Morgan fingerprint density at radius 1 is 0.585 bits per heavy atom. The predicted molar refractivity (Wildman–Crippen MR) is 381 cm³/mol. The highest BCUT2D eigenvalue weighted by Gasteiger charge is 2.60. The van der Waals surface area contributed by atoms with E-state index in [9.17, 15) is 43.5 Å². The highest BCUT2D eigenvalue weighted by molar-refractivity contribution is 6.07. The van der Waals surface area contributed by atoms with Crippen molar-refractivity contribution >= 4 is 47.5 Å². The Morgan fingerprint density at radius 3 is 1.32 bits per heavy atom. The van der Waals surface area contributed by atoms with Gasteiger partial charge >= 0.3 is 23.9 Å². The van der Waals surface area contributed by atoms with E-state index in [-0.39, 0.29) is 75.0 Å². The number of nitrogens with two attached hydrogens (primary N) is 1. The molecule has 0 spiro atoms. The third kappa shape index (κ3) is 33.8. The van der Waals surface area contributed by atoms with E-state index in [4.69, 9.17) is 21.1 Å². The largest absolute Gasteiger partial charge is 0.481 e. The van der Waals surface area contributed by atoms with Gasteiger partial charge in [0.15, 0.2) is 0 Å². The number of esters is 3. The lowest BCUT2D eigenvalue weighted by Gasteiger charge is -2.41. The van der Waals surface area contributed by atoms with Crippen LogP contribution in [0.15, 0.2) is 5.11 Å². The molecule has 0 aliphatic carbocycles. The van der Waals surface area contributed by atoms with Gasteiger partial charge in [0.25, 0.3) is 0 Å². The first kappa shape index (κ1) is 93.9. The standard InChI is InChI=1S/C45H79N3O8.C12H27N.C10H15O3.C5H13N3.C2H6O.CH4/c1-13-16-17-18-19-20-21-22-23-24-27-47-38(50)33(29-44(7,8)34(41(53)54)31(4)42(55)56-15-3)36(40(47)52)45(9,10)30-32-35(43(5,6)14-2)39(51)48(37(32)49)28-25-26-46(11)12;1-2-3-4-5-6-7-8-9-10-11-12-13;1-5-10(3,4)7-6(2)8(11)13-9(7)12;1-8(2)5-3-4-7-6;1-2-3;/h31-36H,13-30H2,1-12H3,(H,53,54);2-13H2,1H3;6-7H,2,5H2,1,3-4H3;6H,3-5H2,1-2H3;3H,2H2,1H3;1H4/q;;+1;;;. The maximum Gasteiger partial charge on any atom is 0.362 e. The first-order chi connectivity index (χ1) is 43.6. The summed E-state index contributed by atoms with van der Waals surface area (Å²) in [5.74, 6) is -9.77. The van der Waals surface area contributed by atoms with Gasteiger partial charge in [-0.15, -0.1) is 0 Å². The molecule has 4 amide bonds. The van der Waals surface area contributed by atoms with Crippen molar-refractivity contribution in [2.45, 2.75) is 278 Å². The van der Waals surface area contributed by atoms with Gasteiger partial charge in [-0.25, -0.2) is 10.3 Å². The van der Waals surface area contributed by atoms with Crippen LogP contribution in [-0.2, 0) is 47.8 Å². The number of carboxylic acid groups (broad SMARTS) is 1. The summed E-state index contributed by atoms with van der Waals surface area (Å²) in [4.78, 5) is 112. The van der Waals surface area contributed by atoms with Crippen molar-refractivity contribution in [2.75, 3.05) is 80.7 Å². The van der Waals surface area contributed by atoms with Crippen LogP contribution in [0.2, 0.25) is 0 Å². The van der Waals surface area contributed by atoms with Gasteiger partial charge in [-0.1, -0.05) is 219 Å². The number of aliphatic hydroxyl groups excluding tert-OH is 1. The molecule has 0 bridgehead atoms. The van der Waals surface area contributed by atoms with Gasteiger partial charge in [0.2, 0.25) is 29.5 Å². The lowest BCUT2D eigenvalue weighted by Crippen LogP contribution is -2.44. The number of likely N-dealkylation sites (tertiary alicyclic amines) is 2. The molecule has 19 nitrogen and oxygen atoms in total. The number of aliphatic hydroxyl groups is 1. The average molecular weight is 1340 g/mol. The third-order valence-electron chi connectivity index (χ3n) is 19.5. The number of hydrogen-bond donors (Lipinski definition) is 4. The summed E-state index contributed by atoms with van der Waals surface area (Å²) in [6, 6.07) is 0. The lowest BCUT2D eigenvalue weighted by molar-refractivity contribution is -0.162. The molecule has 0 aromatic rings. The number of ether oxygens (including phenoxy) is 2. The second-order valence-electron chi connectivity index (χ2n) is 29.7. The number of hydrogen-bond acceptors (Lipinski definition) is 16. The van der Waals surface area contributed by atoms with Crippen LogP contribution >= 0.6 is 0 Å². The first-order valence-corrected chi connectivity index (χ1v) is 36.2. The van der Waals surface area contributed by atoms with Gasteiger partial charge in [0.05, 0.1) is 55.6 Å². The van der Waals surface area contributed by atoms with E-state index >= 15 is 0 Å². The summed E-state index contributed by atoms with van der Waals surface area (Å²) >= 11 is 0. The SMILES string of the molecule is C.CCCCCCCCCCCCN.CCCCCCCCCCCCN1C(=O)C(CC(C)(C)C(C(=O)O)C(C)C(=O)OCC)C(C(C)(C)CC2C(=O)N(CCCN(C)C)C(=O)C2C(C)(C)CC)C1=O.CCO.CN(C)CCCN=N.[CH2+]C1C(=O)OC(=O)C1C(C)(C)CC. The average Bonchev–Trinajstić information content (AvgIpc) is 1.58. The predicted octanol–water partition coefficient (Wildman–Crippen LogP) is 15.3. The number of cyclic esters (lactones) is 2. The van der Waals surface area contributed by atoms with Crippen LogP contribution in [0.1, 0.15) is 278 Å². The summed E-state index contributed by atoms with van der Waals surface area (Å²) in [5.41, 5.74) is 9.18. The van der Waals surface area contributed by atoms with E-state index in [0.717, 1.165) is 51.7 Å². The highest BCUT2D eigenvalue weighted by atomic mass is 16.6. The Morgan fingerprint density at radius 2 is 0.957 bits per heavy atom. The van der Waals surface area contributed by atoms with Crippen molar-refractivity contribution in [1.29, 1.82) is 5.53 Å². The maximum absolute atomic E-state index is 14.7.